The molecule has 11 nitrogen and oxygen atoms in total. The molecule has 28 heavy (non-hydrogen) atoms. The van der Waals surface area contributed by atoms with Crippen LogP contribution in [0.5, 0.6) is 0 Å². The van der Waals surface area contributed by atoms with Crippen LogP contribution in [0.15, 0.2) is 24.3 Å². The Morgan fingerprint density at radius 2 is 1.71 bits per heavy atom. The molecule has 6 N–H and O–H groups in total. The van der Waals surface area contributed by atoms with Crippen LogP contribution >= 0.6 is 0 Å². The number of anilines is 5. The minimum Gasteiger partial charge on any atom is -0.449 e. The lowest BCUT2D eigenvalue weighted by Crippen LogP contribution is -2.47. The SMILES string of the molecule is CCOC(=O)NN(C(=O)OCC)c1c(N)nc(N)nc1Nc1ccc(C)cc1. The third-order valence-corrected chi connectivity index (χ3v) is 3.40. The summed E-state index contributed by atoms with van der Waals surface area (Å²) in [7, 11) is 0. The number of nitrogens with two attached hydrogens (primary N) is 2. The van der Waals surface area contributed by atoms with Gasteiger partial charge in [0.05, 0.1) is 13.2 Å². The van der Waals surface area contributed by atoms with Crippen molar-refractivity contribution in [1.29, 1.82) is 0 Å². The van der Waals surface area contributed by atoms with E-state index >= 15 is 0 Å². The molecule has 0 fully saturated rings. The minimum atomic E-state index is -0.900. The van der Waals surface area contributed by atoms with Gasteiger partial charge in [-0.2, -0.15) is 15.0 Å². The number of nitrogens with one attached hydrogen (secondary N) is 2. The molecular weight excluding hydrogens is 366 g/mol. The van der Waals surface area contributed by atoms with Crippen molar-refractivity contribution < 1.29 is 19.1 Å². The van der Waals surface area contributed by atoms with Crippen LogP contribution in [0.3, 0.4) is 0 Å². The molecule has 11 heteroatoms. The highest BCUT2D eigenvalue weighted by atomic mass is 16.6. The van der Waals surface area contributed by atoms with Crippen molar-refractivity contribution in [3.05, 3.63) is 29.8 Å². The average Bonchev–Trinajstić information content (AvgIpc) is 2.62. The van der Waals surface area contributed by atoms with E-state index in [4.69, 9.17) is 20.9 Å². The Bertz CT molecular complexity index is 842. The molecule has 0 unspecified atom stereocenters. The van der Waals surface area contributed by atoms with Gasteiger partial charge in [0.1, 0.15) is 0 Å². The highest BCUT2D eigenvalue weighted by Gasteiger charge is 2.28. The number of nitrogen functional groups attached to an aromatic ring is 2. The molecule has 0 spiro atoms. The third kappa shape index (κ3) is 5.13. The molecule has 0 saturated heterocycles. The second-order valence-electron chi connectivity index (χ2n) is 5.52. The van der Waals surface area contributed by atoms with Gasteiger partial charge < -0.3 is 26.3 Å². The summed E-state index contributed by atoms with van der Waals surface area (Å²) < 4.78 is 9.82. The van der Waals surface area contributed by atoms with E-state index in [0.717, 1.165) is 10.6 Å². The lowest BCUT2D eigenvalue weighted by molar-refractivity contribution is 0.139. The molecule has 0 atom stereocenters. The van der Waals surface area contributed by atoms with Crippen LogP contribution in [0.1, 0.15) is 19.4 Å². The van der Waals surface area contributed by atoms with Gasteiger partial charge in [0, 0.05) is 5.69 Å². The summed E-state index contributed by atoms with van der Waals surface area (Å²) in [5.41, 5.74) is 15.6. The maximum Gasteiger partial charge on any atom is 0.433 e. The van der Waals surface area contributed by atoms with Crippen molar-refractivity contribution in [2.75, 3.05) is 35.0 Å². The van der Waals surface area contributed by atoms with Gasteiger partial charge in [-0.15, -0.1) is 0 Å². The van der Waals surface area contributed by atoms with Crippen molar-refractivity contribution >= 4 is 41.1 Å². The maximum atomic E-state index is 12.4. The van der Waals surface area contributed by atoms with Crippen LogP contribution in [0, 0.1) is 6.92 Å². The largest absolute Gasteiger partial charge is 0.449 e. The quantitative estimate of drug-likeness (QED) is 0.563. The molecule has 0 aliphatic carbocycles. The van der Waals surface area contributed by atoms with Crippen LogP contribution in [0.25, 0.3) is 0 Å². The number of aromatic nitrogens is 2. The van der Waals surface area contributed by atoms with E-state index in [1.165, 1.54) is 0 Å². The molecule has 150 valence electrons. The van der Waals surface area contributed by atoms with E-state index in [9.17, 15) is 9.59 Å². The Kier molecular flexibility index (Phi) is 6.79. The van der Waals surface area contributed by atoms with Gasteiger partial charge >= 0.3 is 12.2 Å². The fourth-order valence-electron chi connectivity index (χ4n) is 2.21. The van der Waals surface area contributed by atoms with Crippen LogP contribution in [0.2, 0.25) is 0 Å². The molecule has 2 amide bonds. The molecular formula is C17H23N7O4. The van der Waals surface area contributed by atoms with Gasteiger partial charge in [0.15, 0.2) is 17.3 Å². The Morgan fingerprint density at radius 3 is 2.32 bits per heavy atom. The first kappa shape index (κ1) is 20.6. The highest BCUT2D eigenvalue weighted by molar-refractivity contribution is 5.98. The Labute approximate surface area is 162 Å². The number of nitrogens with zero attached hydrogens (tertiary/aromatic N) is 3. The lowest BCUT2D eigenvalue weighted by Gasteiger charge is -2.24. The van der Waals surface area contributed by atoms with E-state index in [2.05, 4.69) is 20.7 Å². The average molecular weight is 389 g/mol. The van der Waals surface area contributed by atoms with E-state index in [1.807, 2.05) is 19.1 Å². The van der Waals surface area contributed by atoms with Crippen molar-refractivity contribution in [3.8, 4) is 0 Å². The highest BCUT2D eigenvalue weighted by Crippen LogP contribution is 2.32. The number of amides is 2. The van der Waals surface area contributed by atoms with Crippen molar-refractivity contribution in [2.24, 2.45) is 0 Å². The Hall–Kier alpha value is -3.76. The monoisotopic (exact) mass is 389 g/mol. The molecule has 0 radical (unpaired) electrons. The van der Waals surface area contributed by atoms with Gasteiger partial charge in [-0.05, 0) is 32.9 Å². The first-order chi connectivity index (χ1) is 13.3. The van der Waals surface area contributed by atoms with E-state index in [0.29, 0.717) is 5.69 Å². The van der Waals surface area contributed by atoms with Gasteiger partial charge in [-0.25, -0.2) is 15.0 Å². The van der Waals surface area contributed by atoms with E-state index in [-0.39, 0.29) is 36.5 Å². The molecule has 1 heterocycles. The Balaban J connectivity index is 2.49. The molecule has 0 saturated carbocycles. The predicted molar refractivity (Wildman–Crippen MR) is 105 cm³/mol. The van der Waals surface area contributed by atoms with Gasteiger partial charge in [-0.3, -0.25) is 0 Å². The third-order valence-electron chi connectivity index (χ3n) is 3.40. The van der Waals surface area contributed by atoms with E-state index < -0.39 is 12.2 Å². The predicted octanol–water partition coefficient (Wildman–Crippen LogP) is 2.32. The summed E-state index contributed by atoms with van der Waals surface area (Å²) in [4.78, 5) is 32.3. The second kappa shape index (κ2) is 9.26. The zero-order valence-corrected chi connectivity index (χ0v) is 15.9. The normalized spacial score (nSPS) is 10.1. The number of hydrazine groups is 1. The van der Waals surface area contributed by atoms with Gasteiger partial charge in [-0.1, -0.05) is 17.7 Å². The van der Waals surface area contributed by atoms with Gasteiger partial charge in [0.2, 0.25) is 5.95 Å². The number of hydrogen-bond donors (Lipinski definition) is 4. The zero-order chi connectivity index (χ0) is 20.7. The number of aryl methyl sites for hydroxylation is 1. The summed E-state index contributed by atoms with van der Waals surface area (Å²) >= 11 is 0. The molecule has 0 aliphatic heterocycles. The number of ether oxygens (including phenoxy) is 2. The van der Waals surface area contributed by atoms with Crippen LogP contribution < -0.4 is 27.2 Å². The van der Waals surface area contributed by atoms with E-state index in [1.54, 1.807) is 26.0 Å². The van der Waals surface area contributed by atoms with Crippen LogP contribution in [0.4, 0.5) is 38.5 Å². The summed E-state index contributed by atoms with van der Waals surface area (Å²) in [5.74, 6) is -0.165. The molecule has 1 aromatic carbocycles. The molecule has 0 bridgehead atoms. The molecule has 2 rings (SSSR count). The van der Waals surface area contributed by atoms with Crippen molar-refractivity contribution in [1.82, 2.24) is 15.4 Å². The first-order valence-corrected chi connectivity index (χ1v) is 8.52. The maximum absolute atomic E-state index is 12.4. The van der Waals surface area contributed by atoms with Gasteiger partial charge in [0.25, 0.3) is 0 Å². The fraction of sp³-hybridized carbons (Fsp3) is 0.294. The topological polar surface area (TPSA) is 158 Å². The first-order valence-electron chi connectivity index (χ1n) is 8.52. The number of carbonyl (C=O) groups excluding carboxylic acids is 2. The summed E-state index contributed by atoms with van der Waals surface area (Å²) in [6, 6.07) is 7.38. The zero-order valence-electron chi connectivity index (χ0n) is 15.9. The second-order valence-corrected chi connectivity index (χ2v) is 5.52. The smallest absolute Gasteiger partial charge is 0.433 e. The van der Waals surface area contributed by atoms with Crippen LogP contribution in [-0.4, -0.2) is 35.4 Å². The standard InChI is InChI=1S/C17H23N7O4/c1-4-27-16(25)23-24(17(26)28-5-2)12-13(18)21-15(19)22-14(12)20-11-8-6-10(3)7-9-11/h6-9H,4-5H2,1-3H3,(H,23,25)(H5,18,19,20,21,22). The van der Waals surface area contributed by atoms with Crippen molar-refractivity contribution in [3.63, 3.8) is 0 Å². The number of rotatable bonds is 5. The minimum absolute atomic E-state index is 0.0405. The molecule has 2 aromatic rings. The number of carbonyl (C=O) groups is 2. The lowest BCUT2D eigenvalue weighted by atomic mass is 10.2. The summed E-state index contributed by atoms with van der Waals surface area (Å²) in [5, 5.41) is 3.78. The van der Waals surface area contributed by atoms with Crippen LogP contribution in [-0.2, 0) is 9.47 Å². The Morgan fingerprint density at radius 1 is 1.07 bits per heavy atom. The number of benzene rings is 1. The van der Waals surface area contributed by atoms with Crippen molar-refractivity contribution in [2.45, 2.75) is 20.8 Å². The molecule has 1 aromatic heterocycles. The molecule has 0 aliphatic rings. The fourth-order valence-corrected chi connectivity index (χ4v) is 2.21. The summed E-state index contributed by atoms with van der Waals surface area (Å²) in [6.07, 6.45) is -1.78. The number of hydrogen-bond acceptors (Lipinski definition) is 9. The summed E-state index contributed by atoms with van der Waals surface area (Å²) in [6.45, 7) is 5.36.